The van der Waals surface area contributed by atoms with E-state index in [2.05, 4.69) is 48.6 Å². The van der Waals surface area contributed by atoms with Gasteiger partial charge in [0.1, 0.15) is 0 Å². The van der Waals surface area contributed by atoms with Gasteiger partial charge in [0.2, 0.25) is 10.0 Å². The number of hydrogen-bond donors (Lipinski definition) is 1. The average Bonchev–Trinajstić information content (AvgIpc) is 2.56. The van der Waals surface area contributed by atoms with Gasteiger partial charge in [0, 0.05) is 6.04 Å². The highest BCUT2D eigenvalue weighted by molar-refractivity contribution is 7.88. The Morgan fingerprint density at radius 2 is 1.81 bits per heavy atom. The highest BCUT2D eigenvalue weighted by atomic mass is 32.2. The molecule has 1 heterocycles. The molecule has 0 radical (unpaired) electrons. The number of nitrogens with zero attached hydrogens (tertiary/aromatic N) is 1. The number of rotatable bonds is 4. The van der Waals surface area contributed by atoms with Crippen molar-refractivity contribution in [2.24, 2.45) is 5.41 Å². The molecule has 1 saturated heterocycles. The molecule has 1 fully saturated rings. The van der Waals surface area contributed by atoms with Crippen molar-refractivity contribution >= 4 is 10.0 Å². The Balaban J connectivity index is 1.74. The van der Waals surface area contributed by atoms with Gasteiger partial charge in [-0.2, -0.15) is 0 Å². The third kappa shape index (κ3) is 4.68. The van der Waals surface area contributed by atoms with Crippen molar-refractivity contribution in [1.29, 1.82) is 0 Å². The highest BCUT2D eigenvalue weighted by Crippen LogP contribution is 2.48. The van der Waals surface area contributed by atoms with Crippen molar-refractivity contribution in [2.75, 3.05) is 25.9 Å². The molecule has 5 heteroatoms. The smallest absolute Gasteiger partial charge is 0.209 e. The molecule has 4 nitrogen and oxygen atoms in total. The molecule has 0 unspecified atom stereocenters. The van der Waals surface area contributed by atoms with E-state index in [9.17, 15) is 8.42 Å². The molecule has 2 aliphatic rings. The van der Waals surface area contributed by atoms with Gasteiger partial charge in [-0.1, -0.05) is 45.0 Å². The maximum absolute atomic E-state index is 11.8. The largest absolute Gasteiger partial charge is 0.303 e. The third-order valence-corrected chi connectivity index (χ3v) is 6.88. The van der Waals surface area contributed by atoms with Crippen LogP contribution in [0.25, 0.3) is 0 Å². The standard InChI is InChI=1S/C21H34N2O2S/c1-20(2,3)11-14-23-15-12-21(13-16-23)10-9-19(22-26(4,24)25)17-7-5-6-8-18(17)21/h5-8,19,22H,9-16H2,1-4H3/t19-/m0/s1. The van der Waals surface area contributed by atoms with Gasteiger partial charge in [-0.25, -0.2) is 13.1 Å². The Bertz CT molecular complexity index is 729. The van der Waals surface area contributed by atoms with E-state index in [1.165, 1.54) is 43.2 Å². The summed E-state index contributed by atoms with van der Waals surface area (Å²) >= 11 is 0. The van der Waals surface area contributed by atoms with Crippen LogP contribution >= 0.6 is 0 Å². The van der Waals surface area contributed by atoms with E-state index < -0.39 is 10.0 Å². The fraction of sp³-hybridized carbons (Fsp3) is 0.714. The molecule has 1 N–H and O–H groups in total. The molecule has 26 heavy (non-hydrogen) atoms. The van der Waals surface area contributed by atoms with Crippen LogP contribution in [0.4, 0.5) is 0 Å². The van der Waals surface area contributed by atoms with Gasteiger partial charge < -0.3 is 4.90 Å². The monoisotopic (exact) mass is 378 g/mol. The molecular weight excluding hydrogens is 344 g/mol. The number of benzene rings is 1. The third-order valence-electron chi connectivity index (χ3n) is 6.17. The Hall–Kier alpha value is -0.910. The summed E-state index contributed by atoms with van der Waals surface area (Å²) in [5, 5.41) is 0. The molecule has 1 aliphatic heterocycles. The van der Waals surface area contributed by atoms with Crippen molar-refractivity contribution in [2.45, 2.75) is 64.3 Å². The topological polar surface area (TPSA) is 49.4 Å². The second-order valence-corrected chi connectivity index (χ2v) is 11.3. The summed E-state index contributed by atoms with van der Waals surface area (Å²) in [6.07, 6.45) is 6.82. The molecule has 146 valence electrons. The number of piperidine rings is 1. The van der Waals surface area contributed by atoms with Crippen molar-refractivity contribution in [3.8, 4) is 0 Å². The second kappa shape index (κ2) is 7.25. The minimum Gasteiger partial charge on any atom is -0.303 e. The van der Waals surface area contributed by atoms with Gasteiger partial charge in [0.15, 0.2) is 0 Å². The predicted molar refractivity (Wildman–Crippen MR) is 108 cm³/mol. The lowest BCUT2D eigenvalue weighted by Crippen LogP contribution is -2.46. The van der Waals surface area contributed by atoms with Crippen LogP contribution in [0, 0.1) is 5.41 Å². The van der Waals surface area contributed by atoms with Crippen LogP contribution in [0.3, 0.4) is 0 Å². The number of nitrogens with one attached hydrogen (secondary N) is 1. The average molecular weight is 379 g/mol. The molecule has 3 rings (SSSR count). The van der Waals surface area contributed by atoms with E-state index in [1.54, 1.807) is 0 Å². The first-order chi connectivity index (χ1) is 12.1. The zero-order chi connectivity index (χ0) is 19.0. The van der Waals surface area contributed by atoms with Crippen LogP contribution in [0.2, 0.25) is 0 Å². The molecule has 1 aromatic carbocycles. The van der Waals surface area contributed by atoms with E-state index in [0.29, 0.717) is 5.41 Å². The normalized spacial score (nSPS) is 23.8. The van der Waals surface area contributed by atoms with E-state index in [-0.39, 0.29) is 11.5 Å². The minimum absolute atomic E-state index is 0.0780. The van der Waals surface area contributed by atoms with Gasteiger partial charge in [-0.05, 0) is 73.7 Å². The lowest BCUT2D eigenvalue weighted by molar-refractivity contribution is 0.128. The molecule has 1 aliphatic carbocycles. The lowest BCUT2D eigenvalue weighted by Gasteiger charge is -2.47. The summed E-state index contributed by atoms with van der Waals surface area (Å²) < 4.78 is 26.4. The van der Waals surface area contributed by atoms with E-state index in [4.69, 9.17) is 0 Å². The molecular formula is C21H34N2O2S. The van der Waals surface area contributed by atoms with Crippen LogP contribution in [0.15, 0.2) is 24.3 Å². The van der Waals surface area contributed by atoms with E-state index >= 15 is 0 Å². The van der Waals surface area contributed by atoms with Crippen molar-refractivity contribution in [3.05, 3.63) is 35.4 Å². The zero-order valence-corrected chi connectivity index (χ0v) is 17.5. The second-order valence-electron chi connectivity index (χ2n) is 9.50. The summed E-state index contributed by atoms with van der Waals surface area (Å²) in [4.78, 5) is 2.61. The fourth-order valence-electron chi connectivity index (χ4n) is 4.59. The van der Waals surface area contributed by atoms with Gasteiger partial charge in [0.25, 0.3) is 0 Å². The molecule has 1 atom stereocenters. The minimum atomic E-state index is -3.20. The molecule has 1 spiro atoms. The maximum Gasteiger partial charge on any atom is 0.209 e. The number of hydrogen-bond acceptors (Lipinski definition) is 3. The van der Waals surface area contributed by atoms with Crippen LogP contribution in [-0.4, -0.2) is 39.2 Å². The maximum atomic E-state index is 11.8. The summed E-state index contributed by atoms with van der Waals surface area (Å²) in [6, 6.07) is 8.41. The predicted octanol–water partition coefficient (Wildman–Crippen LogP) is 3.84. The Morgan fingerprint density at radius 3 is 2.42 bits per heavy atom. The summed E-state index contributed by atoms with van der Waals surface area (Å²) in [5.41, 5.74) is 3.18. The first-order valence-electron chi connectivity index (χ1n) is 9.87. The zero-order valence-electron chi connectivity index (χ0n) is 16.7. The fourth-order valence-corrected chi connectivity index (χ4v) is 5.35. The van der Waals surface area contributed by atoms with Crippen molar-refractivity contribution in [3.63, 3.8) is 0 Å². The van der Waals surface area contributed by atoms with Crippen LogP contribution in [0.1, 0.15) is 70.0 Å². The van der Waals surface area contributed by atoms with Crippen molar-refractivity contribution < 1.29 is 8.42 Å². The molecule has 0 saturated carbocycles. The number of likely N-dealkylation sites (tertiary alicyclic amines) is 1. The summed E-state index contributed by atoms with van der Waals surface area (Å²) in [7, 11) is -3.20. The van der Waals surface area contributed by atoms with Gasteiger partial charge >= 0.3 is 0 Å². The Labute approximate surface area is 159 Å². The Kier molecular flexibility index (Phi) is 5.53. The summed E-state index contributed by atoms with van der Waals surface area (Å²) in [5.74, 6) is 0. The van der Waals surface area contributed by atoms with Crippen molar-refractivity contribution in [1.82, 2.24) is 9.62 Å². The van der Waals surface area contributed by atoms with E-state index in [0.717, 1.165) is 25.9 Å². The molecule has 0 aromatic heterocycles. The SMILES string of the molecule is CC(C)(C)CCN1CCC2(CC[C@H](NS(C)(=O)=O)c3ccccc32)CC1. The molecule has 0 amide bonds. The highest BCUT2D eigenvalue weighted by Gasteiger charge is 2.42. The first kappa shape index (κ1) is 19.8. The van der Waals surface area contributed by atoms with E-state index in [1.807, 2.05) is 6.07 Å². The molecule has 1 aromatic rings. The lowest BCUT2D eigenvalue weighted by atomic mass is 9.64. The van der Waals surface area contributed by atoms with Crippen LogP contribution in [0.5, 0.6) is 0 Å². The number of fused-ring (bicyclic) bond motifs is 2. The van der Waals surface area contributed by atoms with Crippen LogP contribution < -0.4 is 4.72 Å². The first-order valence-corrected chi connectivity index (χ1v) is 11.8. The van der Waals surface area contributed by atoms with Gasteiger partial charge in [0.05, 0.1) is 6.26 Å². The molecule has 0 bridgehead atoms. The number of sulfonamides is 1. The van der Waals surface area contributed by atoms with Gasteiger partial charge in [-0.3, -0.25) is 0 Å². The Morgan fingerprint density at radius 1 is 1.15 bits per heavy atom. The summed E-state index contributed by atoms with van der Waals surface area (Å²) in [6.45, 7) is 10.4. The van der Waals surface area contributed by atoms with Gasteiger partial charge in [-0.15, -0.1) is 0 Å². The quantitative estimate of drug-likeness (QED) is 0.866. The van der Waals surface area contributed by atoms with Crippen LogP contribution in [-0.2, 0) is 15.4 Å².